The number of hydrogen-bond donors (Lipinski definition) is 1. The van der Waals surface area contributed by atoms with Gasteiger partial charge >= 0.3 is 0 Å². The summed E-state index contributed by atoms with van der Waals surface area (Å²) in [6, 6.07) is 16.7. The Labute approximate surface area is 211 Å². The van der Waals surface area contributed by atoms with E-state index in [1.807, 2.05) is 29.7 Å². The monoisotopic (exact) mass is 498 g/mol. The maximum absolute atomic E-state index is 13.9. The minimum absolute atomic E-state index is 0.0275. The highest BCUT2D eigenvalue weighted by Crippen LogP contribution is 2.21. The number of halogens is 1. The Morgan fingerprint density at radius 1 is 1.09 bits per heavy atom. The highest BCUT2D eigenvalue weighted by Gasteiger charge is 2.16. The van der Waals surface area contributed by atoms with E-state index >= 15 is 0 Å². The minimum atomic E-state index is -0.408. The molecule has 2 aromatic carbocycles. The molecule has 3 rings (SSSR count). The van der Waals surface area contributed by atoms with Crippen molar-refractivity contribution in [3.8, 4) is 5.75 Å². The van der Waals surface area contributed by atoms with Gasteiger partial charge in [-0.05, 0) is 43.9 Å². The van der Waals surface area contributed by atoms with Crippen LogP contribution in [0.2, 0.25) is 0 Å². The number of benzene rings is 2. The molecule has 1 heterocycles. The van der Waals surface area contributed by atoms with Crippen LogP contribution in [0.3, 0.4) is 0 Å². The van der Waals surface area contributed by atoms with E-state index in [1.165, 1.54) is 23.4 Å². The highest BCUT2D eigenvalue weighted by atomic mass is 32.2. The van der Waals surface area contributed by atoms with Crippen LogP contribution < -0.4 is 10.1 Å². The average Bonchev–Trinajstić information content (AvgIpc) is 3.25. The molecular weight excluding hydrogens is 463 g/mol. The number of nitrogens with zero attached hydrogens (tertiary/aromatic N) is 3. The maximum Gasteiger partial charge on any atom is 0.230 e. The third-order valence-electron chi connectivity index (χ3n) is 5.67. The zero-order valence-corrected chi connectivity index (χ0v) is 21.4. The van der Waals surface area contributed by atoms with E-state index in [0.717, 1.165) is 45.1 Å². The summed E-state index contributed by atoms with van der Waals surface area (Å²) in [4.78, 5) is 12.5. The molecule has 0 spiro atoms. The van der Waals surface area contributed by atoms with Gasteiger partial charge in [-0.3, -0.25) is 4.79 Å². The molecule has 8 heteroatoms. The van der Waals surface area contributed by atoms with Gasteiger partial charge in [0.1, 0.15) is 6.61 Å². The first-order chi connectivity index (χ1) is 17.1. The van der Waals surface area contributed by atoms with Crippen LogP contribution in [0.25, 0.3) is 0 Å². The summed E-state index contributed by atoms with van der Waals surface area (Å²) in [7, 11) is 0. The molecule has 0 saturated heterocycles. The fourth-order valence-corrected chi connectivity index (χ4v) is 4.50. The van der Waals surface area contributed by atoms with Gasteiger partial charge in [0.25, 0.3) is 0 Å². The molecule has 0 aliphatic rings. The number of amides is 1. The zero-order chi connectivity index (χ0) is 24.9. The second kappa shape index (κ2) is 14.5. The van der Waals surface area contributed by atoms with Gasteiger partial charge in [0, 0.05) is 12.6 Å². The number of aryl methyl sites for hydroxylation is 1. The normalized spacial score (nSPS) is 11.9. The SMILES string of the molecule is CCCCCCn1c(COc2ccccc2F)nnc1SCC(=O)NC(C)CCc1ccccc1. The summed E-state index contributed by atoms with van der Waals surface area (Å²) in [5.41, 5.74) is 1.27. The summed E-state index contributed by atoms with van der Waals surface area (Å²) >= 11 is 1.37. The van der Waals surface area contributed by atoms with E-state index < -0.39 is 5.82 Å². The predicted octanol–water partition coefficient (Wildman–Crippen LogP) is 5.81. The van der Waals surface area contributed by atoms with Crippen molar-refractivity contribution in [3.63, 3.8) is 0 Å². The smallest absolute Gasteiger partial charge is 0.230 e. The largest absolute Gasteiger partial charge is 0.483 e. The van der Waals surface area contributed by atoms with Crippen molar-refractivity contribution >= 4 is 17.7 Å². The first kappa shape index (κ1) is 26.7. The van der Waals surface area contributed by atoms with Gasteiger partial charge in [-0.15, -0.1) is 10.2 Å². The van der Waals surface area contributed by atoms with Gasteiger partial charge in [0.2, 0.25) is 5.91 Å². The van der Waals surface area contributed by atoms with Crippen LogP contribution >= 0.6 is 11.8 Å². The standard InChI is InChI=1S/C27H35FN4O2S/c1-3-4-5-11-18-32-25(19-34-24-15-10-9-14-23(24)28)30-31-27(32)35-20-26(33)29-21(2)16-17-22-12-7-6-8-13-22/h6-10,12-15,21H,3-5,11,16-20H2,1-2H3,(H,29,33). The average molecular weight is 499 g/mol. The number of aromatic nitrogens is 3. The maximum atomic E-state index is 13.9. The van der Waals surface area contributed by atoms with Crippen molar-refractivity contribution in [1.29, 1.82) is 0 Å². The molecule has 1 atom stereocenters. The summed E-state index contributed by atoms with van der Waals surface area (Å²) in [5, 5.41) is 12.3. The molecule has 3 aromatic rings. The lowest BCUT2D eigenvalue weighted by Crippen LogP contribution is -2.34. The van der Waals surface area contributed by atoms with Gasteiger partial charge in [0.05, 0.1) is 5.75 Å². The number of unbranched alkanes of at least 4 members (excludes halogenated alkanes) is 3. The second-order valence-corrected chi connectivity index (χ2v) is 9.55. The van der Waals surface area contributed by atoms with Crippen molar-refractivity contribution in [3.05, 3.63) is 71.8 Å². The van der Waals surface area contributed by atoms with E-state index in [-0.39, 0.29) is 30.1 Å². The number of carbonyl (C=O) groups excluding carboxylic acids is 1. The second-order valence-electron chi connectivity index (χ2n) is 8.61. The van der Waals surface area contributed by atoms with Crippen LogP contribution in [0.15, 0.2) is 59.8 Å². The number of thioether (sulfide) groups is 1. The summed E-state index contributed by atoms with van der Waals surface area (Å²) < 4.78 is 21.6. The minimum Gasteiger partial charge on any atom is -0.483 e. The Morgan fingerprint density at radius 3 is 2.63 bits per heavy atom. The lowest BCUT2D eigenvalue weighted by molar-refractivity contribution is -0.119. The summed E-state index contributed by atoms with van der Waals surface area (Å²) in [5.74, 6) is 0.640. The van der Waals surface area contributed by atoms with Crippen molar-refractivity contribution < 1.29 is 13.9 Å². The van der Waals surface area contributed by atoms with Crippen LogP contribution in [-0.4, -0.2) is 32.5 Å². The Bertz CT molecular complexity index is 1040. The molecule has 6 nitrogen and oxygen atoms in total. The summed E-state index contributed by atoms with van der Waals surface area (Å²) in [6.07, 6.45) is 6.20. The van der Waals surface area contributed by atoms with Gasteiger partial charge in [0.15, 0.2) is 22.5 Å². The quantitative estimate of drug-likeness (QED) is 0.212. The van der Waals surface area contributed by atoms with Gasteiger partial charge in [-0.2, -0.15) is 0 Å². The Hall–Kier alpha value is -2.87. The lowest BCUT2D eigenvalue weighted by atomic mass is 10.1. The van der Waals surface area contributed by atoms with Crippen LogP contribution in [-0.2, 0) is 24.4 Å². The number of ether oxygens (including phenoxy) is 1. The molecule has 35 heavy (non-hydrogen) atoms. The lowest BCUT2D eigenvalue weighted by Gasteiger charge is -2.14. The molecule has 0 aliphatic carbocycles. The van der Waals surface area contributed by atoms with Crippen molar-refractivity contribution in [2.75, 3.05) is 5.75 Å². The number of nitrogens with one attached hydrogen (secondary N) is 1. The molecule has 0 fully saturated rings. The Morgan fingerprint density at radius 2 is 1.86 bits per heavy atom. The summed E-state index contributed by atoms with van der Waals surface area (Å²) in [6.45, 7) is 5.05. The topological polar surface area (TPSA) is 69.0 Å². The number of carbonyl (C=O) groups is 1. The first-order valence-electron chi connectivity index (χ1n) is 12.3. The van der Waals surface area contributed by atoms with Gasteiger partial charge < -0.3 is 14.6 Å². The van der Waals surface area contributed by atoms with Crippen LogP contribution in [0.1, 0.15) is 57.3 Å². The van der Waals surface area contributed by atoms with E-state index in [0.29, 0.717) is 11.0 Å². The van der Waals surface area contributed by atoms with Gasteiger partial charge in [-0.1, -0.05) is 80.4 Å². The molecule has 188 valence electrons. The van der Waals surface area contributed by atoms with Gasteiger partial charge in [-0.25, -0.2) is 4.39 Å². The fourth-order valence-electron chi connectivity index (χ4n) is 3.70. The molecule has 0 aliphatic heterocycles. The van der Waals surface area contributed by atoms with Crippen LogP contribution in [0.4, 0.5) is 4.39 Å². The molecule has 1 unspecified atom stereocenters. The third-order valence-corrected chi connectivity index (χ3v) is 6.64. The highest BCUT2D eigenvalue weighted by molar-refractivity contribution is 7.99. The number of rotatable bonds is 15. The molecule has 0 bridgehead atoms. The predicted molar refractivity (Wildman–Crippen MR) is 138 cm³/mol. The van der Waals surface area contributed by atoms with Crippen molar-refractivity contribution in [2.45, 2.75) is 76.7 Å². The molecule has 0 saturated carbocycles. The first-order valence-corrected chi connectivity index (χ1v) is 13.3. The van der Waals surface area contributed by atoms with Crippen molar-refractivity contribution in [1.82, 2.24) is 20.1 Å². The fraction of sp³-hybridized carbons (Fsp3) is 0.444. The van der Waals surface area contributed by atoms with E-state index in [1.54, 1.807) is 18.2 Å². The van der Waals surface area contributed by atoms with E-state index in [4.69, 9.17) is 4.74 Å². The molecule has 1 N–H and O–H groups in total. The molecule has 1 aromatic heterocycles. The number of para-hydroxylation sites is 1. The zero-order valence-electron chi connectivity index (χ0n) is 20.6. The van der Waals surface area contributed by atoms with Crippen LogP contribution in [0.5, 0.6) is 5.75 Å². The van der Waals surface area contributed by atoms with Crippen molar-refractivity contribution in [2.24, 2.45) is 0 Å². The van der Waals surface area contributed by atoms with E-state index in [9.17, 15) is 9.18 Å². The Kier molecular flexibility index (Phi) is 11.1. The molecule has 1 amide bonds. The number of hydrogen-bond acceptors (Lipinski definition) is 5. The molecule has 0 radical (unpaired) electrons. The molecular formula is C27H35FN4O2S. The third kappa shape index (κ3) is 9.02. The Balaban J connectivity index is 1.54. The van der Waals surface area contributed by atoms with Crippen LogP contribution in [0, 0.1) is 5.82 Å². The van der Waals surface area contributed by atoms with E-state index in [2.05, 4.69) is 34.6 Å².